The number of benzene rings is 1. The summed E-state index contributed by atoms with van der Waals surface area (Å²) in [5.74, 6) is 0.196. The summed E-state index contributed by atoms with van der Waals surface area (Å²) in [6.07, 6.45) is 5.03. The third-order valence-corrected chi connectivity index (χ3v) is 12.8. The zero-order valence-electron chi connectivity index (χ0n) is 25.1. The van der Waals surface area contributed by atoms with Crippen LogP contribution in [-0.2, 0) is 38.0 Å². The Morgan fingerprint density at radius 1 is 1.15 bits per heavy atom. The van der Waals surface area contributed by atoms with E-state index in [4.69, 9.17) is 27.9 Å². The molecule has 0 spiro atoms. The highest BCUT2D eigenvalue weighted by Crippen LogP contribution is 2.55. The van der Waals surface area contributed by atoms with Crippen molar-refractivity contribution in [2.24, 2.45) is 5.92 Å². The van der Waals surface area contributed by atoms with Crippen LogP contribution in [0.4, 0.5) is 0 Å². The molecule has 0 radical (unpaired) electrons. The first-order valence-electron chi connectivity index (χ1n) is 14.4. The molecule has 2 aliphatic rings. The van der Waals surface area contributed by atoms with Crippen molar-refractivity contribution in [3.63, 3.8) is 0 Å². The SMILES string of the molecule is COC(C)OCOCC(C)CCCC(C)(O)C1(CCC2(COS(=O)(=O)c3ccc(C)cc3)OCCO2)CCCSS1. The zero-order valence-corrected chi connectivity index (χ0v) is 27.5. The Balaban J connectivity index is 1.58. The molecule has 236 valence electrons. The first-order valence-corrected chi connectivity index (χ1v) is 18.1. The van der Waals surface area contributed by atoms with Gasteiger partial charge in [-0.25, -0.2) is 0 Å². The van der Waals surface area contributed by atoms with Crippen LogP contribution in [0.2, 0.25) is 0 Å². The van der Waals surface area contributed by atoms with Crippen LogP contribution in [0.1, 0.15) is 71.3 Å². The number of aliphatic hydroxyl groups is 1. The number of rotatable bonds is 18. The second-order valence-corrected chi connectivity index (χ2v) is 15.8. The summed E-state index contributed by atoms with van der Waals surface area (Å²) in [6.45, 7) is 9.07. The van der Waals surface area contributed by atoms with Gasteiger partial charge in [-0.15, -0.1) is 0 Å². The predicted octanol–water partition coefficient (Wildman–Crippen LogP) is 5.68. The van der Waals surface area contributed by atoms with Gasteiger partial charge in [0.05, 0.1) is 35.1 Å². The van der Waals surface area contributed by atoms with Crippen molar-refractivity contribution in [3.05, 3.63) is 29.8 Å². The van der Waals surface area contributed by atoms with Crippen LogP contribution < -0.4 is 0 Å². The summed E-state index contributed by atoms with van der Waals surface area (Å²) in [5, 5.41) is 11.9. The minimum atomic E-state index is -3.97. The Morgan fingerprint density at radius 3 is 2.49 bits per heavy atom. The molecule has 1 N–H and O–H groups in total. The molecular formula is C29H48O9S3. The second kappa shape index (κ2) is 16.1. The van der Waals surface area contributed by atoms with Crippen LogP contribution in [-0.4, -0.2) is 82.0 Å². The highest BCUT2D eigenvalue weighted by atomic mass is 33.1. The predicted molar refractivity (Wildman–Crippen MR) is 162 cm³/mol. The van der Waals surface area contributed by atoms with E-state index >= 15 is 0 Å². The topological polar surface area (TPSA) is 110 Å². The largest absolute Gasteiger partial charge is 0.389 e. The third kappa shape index (κ3) is 10.3. The van der Waals surface area contributed by atoms with Gasteiger partial charge < -0.3 is 28.8 Å². The second-order valence-electron chi connectivity index (χ2n) is 11.4. The lowest BCUT2D eigenvalue weighted by atomic mass is 9.77. The molecule has 2 saturated heterocycles. The van der Waals surface area contributed by atoms with Gasteiger partial charge in [0.1, 0.15) is 13.4 Å². The first kappa shape index (κ1) is 35.1. The summed E-state index contributed by atoms with van der Waals surface area (Å²) >= 11 is 0. The third-order valence-electron chi connectivity index (χ3n) is 7.96. The van der Waals surface area contributed by atoms with E-state index in [1.807, 2.05) is 20.8 Å². The van der Waals surface area contributed by atoms with Gasteiger partial charge in [0.2, 0.25) is 0 Å². The van der Waals surface area contributed by atoms with Crippen LogP contribution in [0.25, 0.3) is 0 Å². The van der Waals surface area contributed by atoms with E-state index in [2.05, 4.69) is 6.92 Å². The zero-order chi connectivity index (χ0) is 30.0. The van der Waals surface area contributed by atoms with Crippen molar-refractivity contribution < 1.29 is 41.4 Å². The van der Waals surface area contributed by atoms with Crippen LogP contribution in [0.15, 0.2) is 29.2 Å². The molecule has 2 fully saturated rings. The van der Waals surface area contributed by atoms with Gasteiger partial charge in [0.25, 0.3) is 10.1 Å². The average Bonchev–Trinajstić information content (AvgIpc) is 3.43. The highest BCUT2D eigenvalue weighted by molar-refractivity contribution is 8.77. The van der Waals surface area contributed by atoms with E-state index in [9.17, 15) is 13.5 Å². The lowest BCUT2D eigenvalue weighted by molar-refractivity contribution is -0.184. The molecule has 0 amide bonds. The molecule has 0 aliphatic carbocycles. The van der Waals surface area contributed by atoms with E-state index < -0.39 is 26.3 Å². The van der Waals surface area contributed by atoms with E-state index in [1.54, 1.807) is 53.0 Å². The van der Waals surface area contributed by atoms with E-state index in [0.717, 1.165) is 37.0 Å². The summed E-state index contributed by atoms with van der Waals surface area (Å²) in [5.41, 5.74) is 0.0326. The van der Waals surface area contributed by atoms with Crippen LogP contribution in [0.3, 0.4) is 0 Å². The maximum absolute atomic E-state index is 12.9. The van der Waals surface area contributed by atoms with Gasteiger partial charge >= 0.3 is 0 Å². The van der Waals surface area contributed by atoms with E-state index in [-0.39, 0.29) is 24.6 Å². The summed E-state index contributed by atoms with van der Waals surface area (Å²) in [6, 6.07) is 6.56. The summed E-state index contributed by atoms with van der Waals surface area (Å²) in [7, 11) is 1.16. The summed E-state index contributed by atoms with van der Waals surface area (Å²) in [4.78, 5) is 0.103. The Hall–Kier alpha value is -0.410. The number of hydrogen-bond acceptors (Lipinski definition) is 11. The molecule has 1 aromatic rings. The maximum Gasteiger partial charge on any atom is 0.297 e. The van der Waals surface area contributed by atoms with Gasteiger partial charge in [-0.3, -0.25) is 4.18 Å². The lowest BCUT2D eigenvalue weighted by Crippen LogP contribution is -2.52. The molecule has 41 heavy (non-hydrogen) atoms. The van der Waals surface area contributed by atoms with Crippen molar-refractivity contribution in [1.29, 1.82) is 0 Å². The number of aryl methyl sites for hydroxylation is 1. The molecule has 0 aromatic heterocycles. The van der Waals surface area contributed by atoms with Crippen molar-refractivity contribution in [2.45, 2.75) is 100.0 Å². The Morgan fingerprint density at radius 2 is 1.85 bits per heavy atom. The van der Waals surface area contributed by atoms with Crippen LogP contribution in [0.5, 0.6) is 0 Å². The normalized spacial score (nSPS) is 24.1. The maximum atomic E-state index is 12.9. The molecule has 12 heteroatoms. The van der Waals surface area contributed by atoms with Gasteiger partial charge in [-0.05, 0) is 70.9 Å². The Kier molecular flexibility index (Phi) is 13.7. The number of ether oxygens (including phenoxy) is 5. The molecule has 0 saturated carbocycles. The van der Waals surface area contributed by atoms with Crippen LogP contribution in [0, 0.1) is 12.8 Å². The number of methoxy groups -OCH3 is 1. The fourth-order valence-corrected chi connectivity index (χ4v) is 9.63. The molecular weight excluding hydrogens is 589 g/mol. The molecule has 4 atom stereocenters. The molecule has 3 rings (SSSR count). The van der Waals surface area contributed by atoms with E-state index in [0.29, 0.717) is 45.0 Å². The first-order chi connectivity index (χ1) is 19.4. The van der Waals surface area contributed by atoms with Gasteiger partial charge in [0, 0.05) is 19.3 Å². The Bertz CT molecular complexity index is 1000. The average molecular weight is 637 g/mol. The highest BCUT2D eigenvalue weighted by Gasteiger charge is 2.51. The van der Waals surface area contributed by atoms with Crippen molar-refractivity contribution in [1.82, 2.24) is 0 Å². The van der Waals surface area contributed by atoms with Crippen molar-refractivity contribution >= 4 is 31.7 Å². The van der Waals surface area contributed by atoms with Crippen molar-refractivity contribution in [2.75, 3.05) is 46.1 Å². The fraction of sp³-hybridized carbons (Fsp3) is 0.793. The molecule has 9 nitrogen and oxygen atoms in total. The smallest absolute Gasteiger partial charge is 0.297 e. The molecule has 2 aliphatic heterocycles. The number of hydrogen-bond donors (Lipinski definition) is 1. The van der Waals surface area contributed by atoms with E-state index in [1.165, 1.54) is 0 Å². The molecule has 2 heterocycles. The molecule has 1 aromatic carbocycles. The quantitative estimate of drug-likeness (QED) is 0.0931. The lowest BCUT2D eigenvalue weighted by Gasteiger charge is -2.48. The Labute approximate surface area is 254 Å². The monoisotopic (exact) mass is 636 g/mol. The van der Waals surface area contributed by atoms with Crippen molar-refractivity contribution in [3.8, 4) is 0 Å². The molecule has 0 bridgehead atoms. The minimum Gasteiger partial charge on any atom is -0.389 e. The fourth-order valence-electron chi connectivity index (χ4n) is 5.10. The van der Waals surface area contributed by atoms with Crippen LogP contribution >= 0.6 is 21.6 Å². The van der Waals surface area contributed by atoms with Gasteiger partial charge in [0.15, 0.2) is 12.1 Å². The van der Waals surface area contributed by atoms with Gasteiger partial charge in [-0.1, -0.05) is 52.6 Å². The molecule has 4 unspecified atom stereocenters. The summed E-state index contributed by atoms with van der Waals surface area (Å²) < 4.78 is 58.8. The standard InChI is InChI=1S/C29H48O9S3/c1-23-9-11-26(12-10-23)41(31,32)38-21-29(36-17-18-37-29)16-15-28(14-7-19-39-40-28)27(4,30)13-6-8-24(2)20-34-22-35-25(3)33-5/h9-12,24-25,30H,6-8,13-22H2,1-5H3. The minimum absolute atomic E-state index is 0.103. The van der Waals surface area contributed by atoms with Gasteiger partial charge in [-0.2, -0.15) is 8.42 Å².